The Bertz CT molecular complexity index is 1220. The summed E-state index contributed by atoms with van der Waals surface area (Å²) in [7, 11) is 0. The molecule has 5 rings (SSSR count). The summed E-state index contributed by atoms with van der Waals surface area (Å²) in [5.41, 5.74) is 2.21. The molecule has 6 nitrogen and oxygen atoms in total. The number of carbonyl (C=O) groups is 2. The summed E-state index contributed by atoms with van der Waals surface area (Å²) in [6.45, 7) is 0. The molecule has 0 unspecified atom stereocenters. The Balaban J connectivity index is 1.29. The Morgan fingerprint density at radius 1 is 1.12 bits per heavy atom. The van der Waals surface area contributed by atoms with Crippen LogP contribution in [0.1, 0.15) is 58.9 Å². The van der Waals surface area contributed by atoms with Crippen LogP contribution in [0.25, 0.3) is 11.0 Å². The molecule has 2 atom stereocenters. The maximum atomic E-state index is 13.0. The van der Waals surface area contributed by atoms with Crippen LogP contribution in [0, 0.1) is 0 Å². The van der Waals surface area contributed by atoms with Crippen LogP contribution in [0.5, 0.6) is 0 Å². The second-order valence-electron chi connectivity index (χ2n) is 8.48. The van der Waals surface area contributed by atoms with Gasteiger partial charge in [-0.25, -0.2) is 4.98 Å². The molecule has 9 heteroatoms. The first-order valence-corrected chi connectivity index (χ1v) is 10.6. The minimum absolute atomic E-state index is 0.0256. The number of rotatable bonds is 3. The quantitative estimate of drug-likeness (QED) is 0.557. The number of nitrogens with zero attached hydrogens (tertiary/aromatic N) is 1. The summed E-state index contributed by atoms with van der Waals surface area (Å²) in [6, 6.07) is 8.61. The number of benzene rings is 2. The van der Waals surface area contributed by atoms with E-state index in [0.29, 0.717) is 28.8 Å². The minimum atomic E-state index is -4.40. The van der Waals surface area contributed by atoms with Crippen LogP contribution in [0.15, 0.2) is 36.4 Å². The van der Waals surface area contributed by atoms with E-state index in [4.69, 9.17) is 0 Å². The van der Waals surface area contributed by atoms with E-state index in [0.717, 1.165) is 42.6 Å². The predicted octanol–water partition coefficient (Wildman–Crippen LogP) is 4.53. The van der Waals surface area contributed by atoms with Crippen molar-refractivity contribution in [3.05, 3.63) is 58.9 Å². The zero-order chi connectivity index (χ0) is 22.5. The highest BCUT2D eigenvalue weighted by Gasteiger charge is 2.31. The third-order valence-electron chi connectivity index (χ3n) is 6.22. The third-order valence-corrected chi connectivity index (χ3v) is 6.22. The van der Waals surface area contributed by atoms with Crippen LogP contribution in [0.4, 0.5) is 18.9 Å². The van der Waals surface area contributed by atoms with Crippen LogP contribution in [-0.2, 0) is 17.4 Å². The molecule has 1 aliphatic heterocycles. The Labute approximate surface area is 181 Å². The topological polar surface area (TPSA) is 86.9 Å². The Morgan fingerprint density at radius 2 is 1.97 bits per heavy atom. The molecule has 2 heterocycles. The SMILES string of the molecule is O=C1Cc2cc(C(=O)N[C@@H]3CCC[C@H](c4nc5ccc(C(F)(F)F)cc5[nH]4)C3)ccc2N1. The maximum absolute atomic E-state index is 13.0. The van der Waals surface area contributed by atoms with Crippen molar-refractivity contribution in [3.8, 4) is 0 Å². The van der Waals surface area contributed by atoms with Gasteiger partial charge in [0, 0.05) is 23.2 Å². The number of halogens is 3. The van der Waals surface area contributed by atoms with E-state index < -0.39 is 11.7 Å². The average molecular weight is 442 g/mol. The highest BCUT2D eigenvalue weighted by molar-refractivity contribution is 6.01. The van der Waals surface area contributed by atoms with Gasteiger partial charge in [-0.15, -0.1) is 0 Å². The maximum Gasteiger partial charge on any atom is 0.416 e. The summed E-state index contributed by atoms with van der Waals surface area (Å²) >= 11 is 0. The summed E-state index contributed by atoms with van der Waals surface area (Å²) in [5, 5.41) is 5.81. The fourth-order valence-electron chi connectivity index (χ4n) is 4.61. The molecule has 166 valence electrons. The number of fused-ring (bicyclic) bond motifs is 2. The first kappa shape index (κ1) is 20.5. The summed E-state index contributed by atoms with van der Waals surface area (Å²) in [4.78, 5) is 31.8. The zero-order valence-corrected chi connectivity index (χ0v) is 17.1. The van der Waals surface area contributed by atoms with Gasteiger partial charge in [0.1, 0.15) is 5.82 Å². The largest absolute Gasteiger partial charge is 0.416 e. The molecule has 1 saturated carbocycles. The number of imidazole rings is 1. The normalized spacial score (nSPS) is 20.8. The van der Waals surface area contributed by atoms with Gasteiger partial charge in [-0.05, 0) is 61.2 Å². The number of hydrogen-bond acceptors (Lipinski definition) is 3. The standard InChI is InChI=1S/C23H21F3N4O2/c24-23(25,26)15-5-7-18-19(11-15)30-21(29-18)12-2-1-3-16(9-12)27-22(32)13-4-6-17-14(8-13)10-20(31)28-17/h4-8,11-12,16H,1-3,9-10H2,(H,27,32)(H,28,31)(H,29,30)/t12-,16+/m0/s1. The number of amides is 2. The number of carbonyl (C=O) groups excluding carboxylic acids is 2. The van der Waals surface area contributed by atoms with Crippen molar-refractivity contribution >= 4 is 28.5 Å². The number of nitrogens with one attached hydrogen (secondary N) is 3. The van der Waals surface area contributed by atoms with E-state index in [1.165, 1.54) is 6.07 Å². The van der Waals surface area contributed by atoms with Crippen LogP contribution in [-0.4, -0.2) is 27.8 Å². The lowest BCUT2D eigenvalue weighted by atomic mass is 9.85. The molecule has 1 aromatic heterocycles. The summed E-state index contributed by atoms with van der Waals surface area (Å²) in [6.07, 6.45) is -0.924. The van der Waals surface area contributed by atoms with Crippen molar-refractivity contribution in [1.29, 1.82) is 0 Å². The predicted molar refractivity (Wildman–Crippen MR) is 112 cm³/mol. The molecule has 32 heavy (non-hydrogen) atoms. The van der Waals surface area contributed by atoms with E-state index in [9.17, 15) is 22.8 Å². The van der Waals surface area contributed by atoms with Gasteiger partial charge in [-0.2, -0.15) is 13.2 Å². The van der Waals surface area contributed by atoms with Gasteiger partial charge in [0.2, 0.25) is 5.91 Å². The van der Waals surface area contributed by atoms with Crippen molar-refractivity contribution < 1.29 is 22.8 Å². The number of aromatic nitrogens is 2. The molecule has 2 amide bonds. The highest BCUT2D eigenvalue weighted by Crippen LogP contribution is 2.35. The molecule has 3 N–H and O–H groups in total. The number of alkyl halides is 3. The number of H-pyrrole nitrogens is 1. The molecule has 2 aromatic carbocycles. The molecule has 0 radical (unpaired) electrons. The Hall–Kier alpha value is -3.36. The molecule has 1 fully saturated rings. The lowest BCUT2D eigenvalue weighted by Gasteiger charge is -2.28. The number of hydrogen-bond donors (Lipinski definition) is 3. The van der Waals surface area contributed by atoms with Gasteiger partial charge in [-0.1, -0.05) is 6.42 Å². The second kappa shape index (κ2) is 7.65. The zero-order valence-electron chi connectivity index (χ0n) is 17.1. The van der Waals surface area contributed by atoms with Crippen LogP contribution >= 0.6 is 0 Å². The van der Waals surface area contributed by atoms with Gasteiger partial charge < -0.3 is 15.6 Å². The summed E-state index contributed by atoms with van der Waals surface area (Å²) in [5.74, 6) is 0.399. The van der Waals surface area contributed by atoms with E-state index >= 15 is 0 Å². The Kier molecular flexibility index (Phi) is 4.91. The van der Waals surface area contributed by atoms with Crippen LogP contribution in [0.3, 0.4) is 0 Å². The molecule has 2 aliphatic rings. The van der Waals surface area contributed by atoms with Gasteiger partial charge in [0.05, 0.1) is 23.0 Å². The van der Waals surface area contributed by atoms with E-state index in [-0.39, 0.29) is 30.2 Å². The molecule has 3 aromatic rings. The number of anilines is 1. The highest BCUT2D eigenvalue weighted by atomic mass is 19.4. The fraction of sp³-hybridized carbons (Fsp3) is 0.348. The Morgan fingerprint density at radius 3 is 2.78 bits per heavy atom. The average Bonchev–Trinajstić information content (AvgIpc) is 3.34. The van der Waals surface area contributed by atoms with Crippen molar-refractivity contribution in [1.82, 2.24) is 15.3 Å². The molecular formula is C23H21F3N4O2. The van der Waals surface area contributed by atoms with Crippen molar-refractivity contribution in [2.45, 2.75) is 50.2 Å². The van der Waals surface area contributed by atoms with E-state index in [1.807, 2.05) is 0 Å². The van der Waals surface area contributed by atoms with Crippen molar-refractivity contribution in [2.24, 2.45) is 0 Å². The van der Waals surface area contributed by atoms with Crippen LogP contribution in [0.2, 0.25) is 0 Å². The molecule has 0 saturated heterocycles. The van der Waals surface area contributed by atoms with E-state index in [2.05, 4.69) is 20.6 Å². The fourth-order valence-corrected chi connectivity index (χ4v) is 4.61. The minimum Gasteiger partial charge on any atom is -0.349 e. The lowest BCUT2D eigenvalue weighted by molar-refractivity contribution is -0.137. The molecular weight excluding hydrogens is 421 g/mol. The second-order valence-corrected chi connectivity index (χ2v) is 8.48. The first-order chi connectivity index (χ1) is 15.3. The van der Waals surface area contributed by atoms with Gasteiger partial charge in [0.15, 0.2) is 0 Å². The van der Waals surface area contributed by atoms with Gasteiger partial charge in [-0.3, -0.25) is 9.59 Å². The number of aromatic amines is 1. The van der Waals surface area contributed by atoms with Crippen molar-refractivity contribution in [2.75, 3.05) is 5.32 Å². The molecule has 0 bridgehead atoms. The van der Waals surface area contributed by atoms with Crippen molar-refractivity contribution in [3.63, 3.8) is 0 Å². The smallest absolute Gasteiger partial charge is 0.349 e. The lowest BCUT2D eigenvalue weighted by Crippen LogP contribution is -2.38. The summed E-state index contributed by atoms with van der Waals surface area (Å²) < 4.78 is 39.0. The first-order valence-electron chi connectivity index (χ1n) is 10.6. The van der Waals surface area contributed by atoms with Crippen LogP contribution < -0.4 is 10.6 Å². The molecule has 0 spiro atoms. The van der Waals surface area contributed by atoms with Gasteiger partial charge >= 0.3 is 6.18 Å². The monoisotopic (exact) mass is 442 g/mol. The van der Waals surface area contributed by atoms with E-state index in [1.54, 1.807) is 18.2 Å². The third kappa shape index (κ3) is 3.94. The molecule has 1 aliphatic carbocycles. The van der Waals surface area contributed by atoms with Gasteiger partial charge in [0.25, 0.3) is 5.91 Å².